The van der Waals surface area contributed by atoms with Crippen LogP contribution in [0.25, 0.3) is 12.2 Å². The highest BCUT2D eigenvalue weighted by Crippen LogP contribution is 2.21. The zero-order chi connectivity index (χ0) is 19.1. The van der Waals surface area contributed by atoms with Gasteiger partial charge in [0.15, 0.2) is 5.82 Å². The number of aryl methyl sites for hydroxylation is 1. The minimum Gasteiger partial charge on any atom is -0.279 e. The Morgan fingerprint density at radius 3 is 2.59 bits per heavy atom. The van der Waals surface area contributed by atoms with Crippen molar-refractivity contribution in [3.63, 3.8) is 0 Å². The van der Waals surface area contributed by atoms with Crippen molar-refractivity contribution in [2.75, 3.05) is 4.72 Å². The average Bonchev–Trinajstić information content (AvgIpc) is 3.13. The molecule has 0 spiro atoms. The third-order valence-corrected chi connectivity index (χ3v) is 5.05. The summed E-state index contributed by atoms with van der Waals surface area (Å²) in [4.78, 5) is 0.184. The minimum atomic E-state index is -3.69. The van der Waals surface area contributed by atoms with Gasteiger partial charge >= 0.3 is 0 Å². The molecule has 3 aromatic rings. The van der Waals surface area contributed by atoms with Crippen molar-refractivity contribution in [3.05, 3.63) is 66.0 Å². The number of hydrogen-bond acceptors (Lipinski definition) is 6. The highest BCUT2D eigenvalue weighted by Gasteiger charge is 2.14. The Balaban J connectivity index is 1.85. The van der Waals surface area contributed by atoms with Crippen molar-refractivity contribution >= 4 is 27.9 Å². The van der Waals surface area contributed by atoms with E-state index in [-0.39, 0.29) is 4.90 Å². The van der Waals surface area contributed by atoms with E-state index >= 15 is 0 Å². The van der Waals surface area contributed by atoms with Crippen LogP contribution >= 0.6 is 0 Å². The van der Waals surface area contributed by atoms with Crippen molar-refractivity contribution in [3.8, 4) is 6.07 Å². The van der Waals surface area contributed by atoms with Crippen molar-refractivity contribution in [2.24, 2.45) is 0 Å². The van der Waals surface area contributed by atoms with Crippen LogP contribution in [0, 0.1) is 11.3 Å². The molecule has 0 saturated heterocycles. The molecule has 9 heteroatoms. The summed E-state index contributed by atoms with van der Waals surface area (Å²) in [7, 11) is -3.69. The lowest BCUT2D eigenvalue weighted by atomic mass is 10.1. The van der Waals surface area contributed by atoms with Gasteiger partial charge in [0.2, 0.25) is 0 Å². The van der Waals surface area contributed by atoms with E-state index in [2.05, 4.69) is 20.2 Å². The Kier molecular flexibility index (Phi) is 5.58. The number of anilines is 1. The SMILES string of the molecule is N#CCCn1nnnc1/C=C/c1ccccc1NS(=O)(=O)c1ccccc1. The van der Waals surface area contributed by atoms with Crippen LogP contribution in [0.5, 0.6) is 0 Å². The largest absolute Gasteiger partial charge is 0.279 e. The molecule has 0 unspecified atom stereocenters. The van der Waals surface area contributed by atoms with E-state index < -0.39 is 10.0 Å². The number of para-hydroxylation sites is 1. The van der Waals surface area contributed by atoms with Crippen LogP contribution in [0.3, 0.4) is 0 Å². The van der Waals surface area contributed by atoms with Gasteiger partial charge in [-0.15, -0.1) is 5.10 Å². The predicted octanol–water partition coefficient (Wildman–Crippen LogP) is 2.56. The molecule has 136 valence electrons. The average molecular weight is 380 g/mol. The number of nitriles is 1. The quantitative estimate of drug-likeness (QED) is 0.674. The molecular weight excluding hydrogens is 364 g/mol. The van der Waals surface area contributed by atoms with Crippen LogP contribution in [-0.4, -0.2) is 28.6 Å². The molecule has 0 fully saturated rings. The molecule has 0 aliphatic heterocycles. The van der Waals surface area contributed by atoms with E-state index in [1.807, 2.05) is 6.07 Å². The lowest BCUT2D eigenvalue weighted by Gasteiger charge is -2.10. The van der Waals surface area contributed by atoms with Crippen LogP contribution < -0.4 is 4.72 Å². The molecule has 0 radical (unpaired) electrons. The van der Waals surface area contributed by atoms with Gasteiger partial charge in [-0.2, -0.15) is 5.26 Å². The van der Waals surface area contributed by atoms with Gasteiger partial charge in [0.1, 0.15) is 0 Å². The van der Waals surface area contributed by atoms with Crippen LogP contribution in [0.2, 0.25) is 0 Å². The number of nitrogens with one attached hydrogen (secondary N) is 1. The minimum absolute atomic E-state index is 0.184. The van der Waals surface area contributed by atoms with Crippen molar-refractivity contribution in [1.29, 1.82) is 5.26 Å². The molecule has 1 N–H and O–H groups in total. The molecule has 3 rings (SSSR count). The Labute approximate surface area is 156 Å². The second-order valence-corrected chi connectivity index (χ2v) is 7.19. The molecule has 0 bridgehead atoms. The Morgan fingerprint density at radius 1 is 1.07 bits per heavy atom. The topological polar surface area (TPSA) is 114 Å². The normalized spacial score (nSPS) is 11.4. The number of tetrazole rings is 1. The first-order chi connectivity index (χ1) is 13.1. The zero-order valence-electron chi connectivity index (χ0n) is 14.2. The summed E-state index contributed by atoms with van der Waals surface area (Å²) >= 11 is 0. The maximum Gasteiger partial charge on any atom is 0.261 e. The molecule has 0 amide bonds. The van der Waals surface area contributed by atoms with Crippen molar-refractivity contribution in [1.82, 2.24) is 20.2 Å². The van der Waals surface area contributed by atoms with Gasteiger partial charge in [0, 0.05) is 0 Å². The maximum absolute atomic E-state index is 12.6. The molecule has 8 nitrogen and oxygen atoms in total. The zero-order valence-corrected chi connectivity index (χ0v) is 15.0. The first kappa shape index (κ1) is 18.3. The summed E-state index contributed by atoms with van der Waals surface area (Å²) < 4.78 is 29.2. The van der Waals surface area contributed by atoms with Gasteiger partial charge in [0.25, 0.3) is 10.0 Å². The summed E-state index contributed by atoms with van der Waals surface area (Å²) in [6.07, 6.45) is 3.68. The molecule has 0 atom stereocenters. The van der Waals surface area contributed by atoms with E-state index in [9.17, 15) is 8.42 Å². The second-order valence-electron chi connectivity index (χ2n) is 5.51. The smallest absolute Gasteiger partial charge is 0.261 e. The van der Waals surface area contributed by atoms with E-state index in [4.69, 9.17) is 5.26 Å². The number of benzene rings is 2. The fourth-order valence-electron chi connectivity index (χ4n) is 2.35. The fourth-order valence-corrected chi connectivity index (χ4v) is 3.46. The van der Waals surface area contributed by atoms with Crippen LogP contribution in [0.15, 0.2) is 59.5 Å². The van der Waals surface area contributed by atoms with Crippen molar-refractivity contribution < 1.29 is 8.42 Å². The summed E-state index contributed by atoms with van der Waals surface area (Å²) in [5, 5.41) is 20.0. The third kappa shape index (κ3) is 4.56. The number of hydrogen-bond donors (Lipinski definition) is 1. The highest BCUT2D eigenvalue weighted by molar-refractivity contribution is 7.92. The van der Waals surface area contributed by atoms with Gasteiger partial charge in [-0.1, -0.05) is 36.4 Å². The summed E-state index contributed by atoms with van der Waals surface area (Å²) in [6.45, 7) is 0.380. The third-order valence-electron chi connectivity index (χ3n) is 3.67. The standard InChI is InChI=1S/C18H16N6O2S/c19-13-6-14-24-18(20-22-23-24)12-11-15-7-4-5-10-17(15)21-27(25,26)16-8-2-1-3-9-16/h1-5,7-12,21H,6,14H2/b12-11+. The Hall–Kier alpha value is -3.51. The van der Waals surface area contributed by atoms with E-state index in [0.29, 0.717) is 30.0 Å². The molecule has 27 heavy (non-hydrogen) atoms. The Bertz CT molecular complexity index is 1080. The van der Waals surface area contributed by atoms with Crippen LogP contribution in [0.4, 0.5) is 5.69 Å². The van der Waals surface area contributed by atoms with Gasteiger partial charge in [-0.25, -0.2) is 13.1 Å². The van der Waals surface area contributed by atoms with Crippen LogP contribution in [0.1, 0.15) is 17.8 Å². The molecule has 1 heterocycles. The highest BCUT2D eigenvalue weighted by atomic mass is 32.2. The lowest BCUT2D eigenvalue weighted by molar-refractivity contribution is 0.595. The lowest BCUT2D eigenvalue weighted by Crippen LogP contribution is -2.13. The van der Waals surface area contributed by atoms with Crippen LogP contribution in [-0.2, 0) is 16.6 Å². The van der Waals surface area contributed by atoms with Gasteiger partial charge in [-0.3, -0.25) is 4.72 Å². The molecule has 0 aliphatic carbocycles. The Morgan fingerprint density at radius 2 is 1.81 bits per heavy atom. The number of sulfonamides is 1. The first-order valence-corrected chi connectivity index (χ1v) is 9.56. The van der Waals surface area contributed by atoms with Crippen molar-refractivity contribution in [2.45, 2.75) is 17.9 Å². The summed E-state index contributed by atoms with van der Waals surface area (Å²) in [5.41, 5.74) is 1.10. The summed E-state index contributed by atoms with van der Waals surface area (Å²) in [6, 6.07) is 17.2. The maximum atomic E-state index is 12.6. The van der Waals surface area contributed by atoms with E-state index in [1.165, 1.54) is 16.8 Å². The second kappa shape index (κ2) is 8.25. The number of aromatic nitrogens is 4. The number of rotatable bonds is 7. The molecule has 0 saturated carbocycles. The number of nitrogens with zero attached hydrogens (tertiary/aromatic N) is 5. The fraction of sp³-hybridized carbons (Fsp3) is 0.111. The monoisotopic (exact) mass is 380 g/mol. The molecule has 1 aromatic heterocycles. The predicted molar refractivity (Wildman–Crippen MR) is 101 cm³/mol. The van der Waals surface area contributed by atoms with Gasteiger partial charge in [-0.05, 0) is 46.3 Å². The van der Waals surface area contributed by atoms with Gasteiger partial charge in [0.05, 0.1) is 29.6 Å². The molecule has 2 aromatic carbocycles. The van der Waals surface area contributed by atoms with E-state index in [0.717, 1.165) is 0 Å². The first-order valence-electron chi connectivity index (χ1n) is 8.08. The summed E-state index contributed by atoms with van der Waals surface area (Å²) in [5.74, 6) is 0.478. The van der Waals surface area contributed by atoms with Gasteiger partial charge < -0.3 is 0 Å². The van der Waals surface area contributed by atoms with E-state index in [1.54, 1.807) is 54.6 Å². The molecule has 0 aliphatic rings. The molecular formula is C18H16N6O2S.